The van der Waals surface area contributed by atoms with E-state index in [4.69, 9.17) is 4.42 Å². The molecule has 0 amide bonds. The molecule has 0 fully saturated rings. The van der Waals surface area contributed by atoms with E-state index in [1.165, 1.54) is 0 Å². The van der Waals surface area contributed by atoms with Gasteiger partial charge in [0.1, 0.15) is 5.76 Å². The van der Waals surface area contributed by atoms with E-state index in [2.05, 4.69) is 13.8 Å². The van der Waals surface area contributed by atoms with Crippen molar-refractivity contribution in [3.05, 3.63) is 23.7 Å². The number of Topliss-reactive ketones (excluding diaryl/α,β-unsaturated/α-hetero) is 1. The fourth-order valence-electron chi connectivity index (χ4n) is 1.25. The molecule has 1 unspecified atom stereocenters. The van der Waals surface area contributed by atoms with Crippen molar-refractivity contribution in [1.82, 2.24) is 0 Å². The standard InChI is InChI=1S/C11H16O2/c1-4-8(2)7-11(12)10-5-6-13-9(10)3/h5-6,8H,4,7H2,1-3H3. The molecule has 0 saturated heterocycles. The maximum Gasteiger partial charge on any atom is 0.166 e. The number of hydrogen-bond donors (Lipinski definition) is 0. The van der Waals surface area contributed by atoms with Gasteiger partial charge in [0, 0.05) is 6.42 Å². The molecule has 0 aliphatic heterocycles. The van der Waals surface area contributed by atoms with Crippen molar-refractivity contribution in [1.29, 1.82) is 0 Å². The van der Waals surface area contributed by atoms with E-state index in [9.17, 15) is 4.79 Å². The first-order valence-electron chi connectivity index (χ1n) is 4.72. The topological polar surface area (TPSA) is 30.2 Å². The SMILES string of the molecule is CCC(C)CC(=O)c1ccoc1C. The molecule has 1 heterocycles. The van der Waals surface area contributed by atoms with Gasteiger partial charge in [-0.2, -0.15) is 0 Å². The fraction of sp³-hybridized carbons (Fsp3) is 0.545. The van der Waals surface area contributed by atoms with E-state index < -0.39 is 0 Å². The molecule has 0 N–H and O–H groups in total. The van der Waals surface area contributed by atoms with E-state index in [1.807, 2.05) is 6.92 Å². The zero-order valence-corrected chi connectivity index (χ0v) is 8.46. The Labute approximate surface area is 78.9 Å². The largest absolute Gasteiger partial charge is 0.469 e. The summed E-state index contributed by atoms with van der Waals surface area (Å²) < 4.78 is 5.08. The summed E-state index contributed by atoms with van der Waals surface area (Å²) in [6, 6.07) is 1.75. The van der Waals surface area contributed by atoms with Crippen LogP contribution in [-0.4, -0.2) is 5.78 Å². The van der Waals surface area contributed by atoms with Crippen LogP contribution in [-0.2, 0) is 0 Å². The third kappa shape index (κ3) is 2.44. The van der Waals surface area contributed by atoms with Gasteiger partial charge in [0.25, 0.3) is 0 Å². The van der Waals surface area contributed by atoms with Crippen LogP contribution in [0.2, 0.25) is 0 Å². The van der Waals surface area contributed by atoms with Crippen LogP contribution in [0, 0.1) is 12.8 Å². The second kappa shape index (κ2) is 4.26. The Morgan fingerprint density at radius 1 is 1.62 bits per heavy atom. The molecule has 0 aliphatic carbocycles. The van der Waals surface area contributed by atoms with E-state index in [1.54, 1.807) is 12.3 Å². The molecule has 1 aromatic rings. The van der Waals surface area contributed by atoms with Crippen molar-refractivity contribution in [2.24, 2.45) is 5.92 Å². The van der Waals surface area contributed by atoms with Crippen molar-refractivity contribution in [2.75, 3.05) is 0 Å². The number of carbonyl (C=O) groups excluding carboxylic acids is 1. The summed E-state index contributed by atoms with van der Waals surface area (Å²) in [4.78, 5) is 11.6. The number of carbonyl (C=O) groups is 1. The summed E-state index contributed by atoms with van der Waals surface area (Å²) in [6.45, 7) is 6.01. The van der Waals surface area contributed by atoms with Crippen LogP contribution in [0.1, 0.15) is 42.8 Å². The average Bonchev–Trinajstić information content (AvgIpc) is 2.51. The average molecular weight is 180 g/mol. The molecular formula is C11H16O2. The molecule has 0 bridgehead atoms. The Hall–Kier alpha value is -1.05. The highest BCUT2D eigenvalue weighted by atomic mass is 16.3. The van der Waals surface area contributed by atoms with Gasteiger partial charge in [0.05, 0.1) is 11.8 Å². The van der Waals surface area contributed by atoms with Crippen LogP contribution < -0.4 is 0 Å². The first kappa shape index (κ1) is 10.0. The van der Waals surface area contributed by atoms with Gasteiger partial charge in [-0.25, -0.2) is 0 Å². The van der Waals surface area contributed by atoms with E-state index in [0.717, 1.165) is 17.7 Å². The Balaban J connectivity index is 2.64. The van der Waals surface area contributed by atoms with Gasteiger partial charge in [-0.05, 0) is 18.9 Å². The molecule has 0 saturated carbocycles. The summed E-state index contributed by atoms with van der Waals surface area (Å²) in [5.74, 6) is 1.38. The first-order valence-corrected chi connectivity index (χ1v) is 4.72. The highest BCUT2D eigenvalue weighted by Gasteiger charge is 2.13. The number of hydrogen-bond acceptors (Lipinski definition) is 2. The Morgan fingerprint density at radius 3 is 2.77 bits per heavy atom. The molecule has 0 spiro atoms. The van der Waals surface area contributed by atoms with Gasteiger partial charge in [0.2, 0.25) is 0 Å². The molecule has 2 nitrogen and oxygen atoms in total. The minimum absolute atomic E-state index is 0.195. The Morgan fingerprint density at radius 2 is 2.31 bits per heavy atom. The van der Waals surface area contributed by atoms with Gasteiger partial charge in [-0.3, -0.25) is 4.79 Å². The number of rotatable bonds is 4. The zero-order valence-electron chi connectivity index (χ0n) is 8.46. The van der Waals surface area contributed by atoms with E-state index >= 15 is 0 Å². The lowest BCUT2D eigenvalue weighted by Crippen LogP contribution is -2.05. The van der Waals surface area contributed by atoms with Crippen molar-refractivity contribution in [3.63, 3.8) is 0 Å². The number of furan rings is 1. The minimum Gasteiger partial charge on any atom is -0.469 e. The number of ketones is 1. The molecule has 72 valence electrons. The van der Waals surface area contributed by atoms with Crippen LogP contribution in [0.5, 0.6) is 0 Å². The molecule has 0 aromatic carbocycles. The van der Waals surface area contributed by atoms with Crippen molar-refractivity contribution >= 4 is 5.78 Å². The third-order valence-electron chi connectivity index (χ3n) is 2.39. The summed E-state index contributed by atoms with van der Waals surface area (Å²) in [6.07, 6.45) is 3.23. The molecule has 1 atom stereocenters. The van der Waals surface area contributed by atoms with Gasteiger partial charge in [0.15, 0.2) is 5.78 Å². The van der Waals surface area contributed by atoms with Crippen LogP contribution in [0.25, 0.3) is 0 Å². The summed E-state index contributed by atoms with van der Waals surface area (Å²) in [5.41, 5.74) is 0.736. The molecular weight excluding hydrogens is 164 g/mol. The molecule has 1 aromatic heterocycles. The van der Waals surface area contributed by atoms with Crippen LogP contribution >= 0.6 is 0 Å². The van der Waals surface area contributed by atoms with Crippen LogP contribution in [0.3, 0.4) is 0 Å². The summed E-state index contributed by atoms with van der Waals surface area (Å²) in [5, 5.41) is 0. The smallest absolute Gasteiger partial charge is 0.166 e. The Bertz CT molecular complexity index is 286. The van der Waals surface area contributed by atoms with Crippen LogP contribution in [0.15, 0.2) is 16.7 Å². The lowest BCUT2D eigenvalue weighted by Gasteiger charge is -2.05. The summed E-state index contributed by atoms with van der Waals surface area (Å²) in [7, 11) is 0. The van der Waals surface area contributed by atoms with Gasteiger partial charge < -0.3 is 4.42 Å². The fourth-order valence-corrected chi connectivity index (χ4v) is 1.25. The normalized spacial score (nSPS) is 12.8. The molecule has 0 radical (unpaired) electrons. The number of aryl methyl sites for hydroxylation is 1. The van der Waals surface area contributed by atoms with Crippen molar-refractivity contribution in [3.8, 4) is 0 Å². The highest BCUT2D eigenvalue weighted by molar-refractivity contribution is 5.96. The quantitative estimate of drug-likeness (QED) is 0.666. The predicted octanol–water partition coefficient (Wildman–Crippen LogP) is 3.21. The van der Waals surface area contributed by atoms with E-state index in [-0.39, 0.29) is 5.78 Å². The lowest BCUT2D eigenvalue weighted by atomic mass is 9.98. The van der Waals surface area contributed by atoms with E-state index in [0.29, 0.717) is 12.3 Å². The molecule has 1 rings (SSSR count). The maximum atomic E-state index is 11.6. The van der Waals surface area contributed by atoms with Crippen LogP contribution in [0.4, 0.5) is 0 Å². The highest BCUT2D eigenvalue weighted by Crippen LogP contribution is 2.16. The third-order valence-corrected chi connectivity index (χ3v) is 2.39. The maximum absolute atomic E-state index is 11.6. The predicted molar refractivity (Wildman–Crippen MR) is 51.8 cm³/mol. The monoisotopic (exact) mass is 180 g/mol. The molecule has 0 aliphatic rings. The Kier molecular flexibility index (Phi) is 3.29. The van der Waals surface area contributed by atoms with Crippen molar-refractivity contribution < 1.29 is 9.21 Å². The van der Waals surface area contributed by atoms with Crippen molar-refractivity contribution in [2.45, 2.75) is 33.6 Å². The molecule has 13 heavy (non-hydrogen) atoms. The molecule has 2 heteroatoms. The lowest BCUT2D eigenvalue weighted by molar-refractivity contribution is 0.0962. The second-order valence-electron chi connectivity index (χ2n) is 3.53. The summed E-state index contributed by atoms with van der Waals surface area (Å²) >= 11 is 0. The van der Waals surface area contributed by atoms with Gasteiger partial charge in [-0.15, -0.1) is 0 Å². The minimum atomic E-state index is 0.195. The zero-order chi connectivity index (χ0) is 9.84. The second-order valence-corrected chi connectivity index (χ2v) is 3.53. The van der Waals surface area contributed by atoms with Gasteiger partial charge >= 0.3 is 0 Å². The first-order chi connectivity index (χ1) is 6.15. The van der Waals surface area contributed by atoms with Gasteiger partial charge in [-0.1, -0.05) is 20.3 Å².